The van der Waals surface area contributed by atoms with Gasteiger partial charge in [-0.25, -0.2) is 5.48 Å². The summed E-state index contributed by atoms with van der Waals surface area (Å²) in [5.41, 5.74) is 2.31. The second kappa shape index (κ2) is 7.90. The molecule has 0 bridgehead atoms. The summed E-state index contributed by atoms with van der Waals surface area (Å²) < 4.78 is 0. The molecule has 1 atom stereocenters. The molecule has 0 aliphatic heterocycles. The Morgan fingerprint density at radius 1 is 1.15 bits per heavy atom. The minimum absolute atomic E-state index is 0.225. The number of carboxylic acids is 1. The third kappa shape index (κ3) is 5.49. The Balaban J connectivity index is 2.71. The third-order valence-electron chi connectivity index (χ3n) is 2.67. The molecule has 1 aromatic carbocycles. The molecule has 0 radical (unpaired) electrons. The molecule has 2 amide bonds. The van der Waals surface area contributed by atoms with Gasteiger partial charge in [0.05, 0.1) is 5.92 Å². The van der Waals surface area contributed by atoms with Crippen molar-refractivity contribution in [2.75, 3.05) is 6.54 Å². The lowest BCUT2D eigenvalue weighted by molar-refractivity contribution is -0.139. The van der Waals surface area contributed by atoms with E-state index in [1.165, 1.54) is 5.48 Å². The molecular formula is C13H16N2O5. The van der Waals surface area contributed by atoms with E-state index in [9.17, 15) is 14.4 Å². The number of amides is 2. The van der Waals surface area contributed by atoms with Gasteiger partial charge < -0.3 is 10.4 Å². The van der Waals surface area contributed by atoms with E-state index in [4.69, 9.17) is 10.3 Å². The average Bonchev–Trinajstić information content (AvgIpc) is 2.44. The molecule has 0 saturated heterocycles. The molecule has 20 heavy (non-hydrogen) atoms. The number of carboxylic acid groups (broad SMARTS) is 1. The number of aliphatic carboxylic acids is 1. The van der Waals surface area contributed by atoms with E-state index in [-0.39, 0.29) is 12.8 Å². The van der Waals surface area contributed by atoms with Crippen LogP contribution < -0.4 is 10.8 Å². The highest BCUT2D eigenvalue weighted by Gasteiger charge is 2.22. The van der Waals surface area contributed by atoms with Gasteiger partial charge in [0.15, 0.2) is 0 Å². The fourth-order valence-corrected chi connectivity index (χ4v) is 1.73. The molecule has 0 heterocycles. The number of carbonyl (C=O) groups excluding carboxylic acids is 2. The fourth-order valence-electron chi connectivity index (χ4n) is 1.73. The summed E-state index contributed by atoms with van der Waals surface area (Å²) in [4.78, 5) is 33.5. The van der Waals surface area contributed by atoms with Crippen LogP contribution in [0.3, 0.4) is 0 Å². The zero-order valence-electron chi connectivity index (χ0n) is 10.7. The fraction of sp³-hybridized carbons (Fsp3) is 0.308. The number of rotatable bonds is 7. The number of hydroxylamine groups is 1. The van der Waals surface area contributed by atoms with E-state index in [0.29, 0.717) is 0 Å². The van der Waals surface area contributed by atoms with Crippen LogP contribution in [-0.2, 0) is 20.8 Å². The number of benzene rings is 1. The van der Waals surface area contributed by atoms with Crippen LogP contribution in [0, 0.1) is 5.92 Å². The molecule has 1 rings (SSSR count). The van der Waals surface area contributed by atoms with Crippen molar-refractivity contribution in [1.82, 2.24) is 10.8 Å². The molecule has 7 nitrogen and oxygen atoms in total. The first-order valence-electron chi connectivity index (χ1n) is 5.99. The Morgan fingerprint density at radius 2 is 1.80 bits per heavy atom. The molecule has 1 aromatic rings. The smallest absolute Gasteiger partial charge is 0.322 e. The van der Waals surface area contributed by atoms with Crippen LogP contribution in [0.25, 0.3) is 0 Å². The SMILES string of the molecule is O=C(O)CNC(=O)[C@@H](CC(=O)NO)Cc1ccccc1. The molecule has 0 fully saturated rings. The molecule has 4 N–H and O–H groups in total. The van der Waals surface area contributed by atoms with Gasteiger partial charge in [-0.05, 0) is 12.0 Å². The van der Waals surface area contributed by atoms with Crippen LogP contribution in [0.4, 0.5) is 0 Å². The number of hydrogen-bond acceptors (Lipinski definition) is 4. The normalized spacial score (nSPS) is 11.4. The van der Waals surface area contributed by atoms with Crippen LogP contribution >= 0.6 is 0 Å². The molecule has 0 saturated carbocycles. The van der Waals surface area contributed by atoms with E-state index in [2.05, 4.69) is 5.32 Å². The van der Waals surface area contributed by atoms with Crippen LogP contribution in [0.5, 0.6) is 0 Å². The van der Waals surface area contributed by atoms with Gasteiger partial charge in [-0.3, -0.25) is 19.6 Å². The Kier molecular flexibility index (Phi) is 6.18. The van der Waals surface area contributed by atoms with Crippen LogP contribution in [0.15, 0.2) is 30.3 Å². The van der Waals surface area contributed by atoms with Gasteiger partial charge in [-0.15, -0.1) is 0 Å². The van der Waals surface area contributed by atoms with Gasteiger partial charge in [0.25, 0.3) is 0 Å². The zero-order valence-corrected chi connectivity index (χ0v) is 10.7. The van der Waals surface area contributed by atoms with Gasteiger partial charge >= 0.3 is 5.97 Å². The molecule has 7 heteroatoms. The first kappa shape index (κ1) is 15.6. The van der Waals surface area contributed by atoms with Crippen molar-refractivity contribution in [3.8, 4) is 0 Å². The monoisotopic (exact) mass is 280 g/mol. The van der Waals surface area contributed by atoms with Gasteiger partial charge in [0, 0.05) is 6.42 Å². The van der Waals surface area contributed by atoms with Crippen molar-refractivity contribution in [2.45, 2.75) is 12.8 Å². The van der Waals surface area contributed by atoms with Crippen molar-refractivity contribution in [2.24, 2.45) is 5.92 Å². The summed E-state index contributed by atoms with van der Waals surface area (Å²) >= 11 is 0. The van der Waals surface area contributed by atoms with E-state index in [1.807, 2.05) is 6.07 Å². The summed E-state index contributed by atoms with van der Waals surface area (Å²) in [6.45, 7) is -0.509. The Labute approximate surface area is 115 Å². The standard InChI is InChI=1S/C13H16N2O5/c16-11(15-20)7-10(13(19)14-8-12(17)18)6-9-4-2-1-3-5-9/h1-5,10,20H,6-8H2,(H,14,19)(H,15,16)(H,17,18)/t10-/m1/s1. The maximum atomic E-state index is 11.9. The Hall–Kier alpha value is -2.41. The van der Waals surface area contributed by atoms with Gasteiger partial charge in [-0.2, -0.15) is 0 Å². The lowest BCUT2D eigenvalue weighted by atomic mass is 9.95. The van der Waals surface area contributed by atoms with Crippen molar-refractivity contribution >= 4 is 17.8 Å². The van der Waals surface area contributed by atoms with Crippen molar-refractivity contribution in [3.05, 3.63) is 35.9 Å². The van der Waals surface area contributed by atoms with E-state index in [1.54, 1.807) is 24.3 Å². The maximum absolute atomic E-state index is 11.9. The quantitative estimate of drug-likeness (QED) is 0.412. The number of nitrogens with one attached hydrogen (secondary N) is 2. The largest absolute Gasteiger partial charge is 0.480 e. The average molecular weight is 280 g/mol. The van der Waals surface area contributed by atoms with Gasteiger partial charge in [0.2, 0.25) is 11.8 Å². The summed E-state index contributed by atoms with van der Waals surface area (Å²) in [7, 11) is 0. The highest BCUT2D eigenvalue weighted by atomic mass is 16.5. The molecule has 0 aliphatic rings. The first-order valence-corrected chi connectivity index (χ1v) is 5.99. The second-order valence-corrected chi connectivity index (χ2v) is 4.24. The Bertz CT molecular complexity index is 475. The van der Waals surface area contributed by atoms with Crippen molar-refractivity contribution < 1.29 is 24.7 Å². The van der Waals surface area contributed by atoms with Crippen LogP contribution in [-0.4, -0.2) is 34.6 Å². The van der Waals surface area contributed by atoms with Gasteiger partial charge in [0.1, 0.15) is 6.54 Å². The predicted molar refractivity (Wildman–Crippen MR) is 68.8 cm³/mol. The van der Waals surface area contributed by atoms with Crippen LogP contribution in [0.2, 0.25) is 0 Å². The first-order chi connectivity index (χ1) is 9.52. The minimum Gasteiger partial charge on any atom is -0.480 e. The topological polar surface area (TPSA) is 116 Å². The number of hydrogen-bond donors (Lipinski definition) is 4. The Morgan fingerprint density at radius 3 is 2.35 bits per heavy atom. The van der Waals surface area contributed by atoms with E-state index >= 15 is 0 Å². The highest BCUT2D eigenvalue weighted by molar-refractivity contribution is 5.87. The summed E-state index contributed by atoms with van der Waals surface area (Å²) in [6.07, 6.45) is 0.0521. The second-order valence-electron chi connectivity index (χ2n) is 4.24. The molecule has 0 unspecified atom stereocenters. The minimum atomic E-state index is -1.16. The molecular weight excluding hydrogens is 264 g/mol. The summed E-state index contributed by atoms with van der Waals surface area (Å²) in [5.74, 6) is -3.15. The van der Waals surface area contributed by atoms with Crippen molar-refractivity contribution in [1.29, 1.82) is 0 Å². The third-order valence-corrected chi connectivity index (χ3v) is 2.67. The number of carbonyl (C=O) groups is 3. The zero-order chi connectivity index (χ0) is 15.0. The van der Waals surface area contributed by atoms with Crippen LogP contribution in [0.1, 0.15) is 12.0 Å². The molecule has 108 valence electrons. The lowest BCUT2D eigenvalue weighted by Gasteiger charge is -2.15. The van der Waals surface area contributed by atoms with E-state index in [0.717, 1.165) is 5.56 Å². The summed E-state index contributed by atoms with van der Waals surface area (Å²) in [6, 6.07) is 9.02. The van der Waals surface area contributed by atoms with E-state index < -0.39 is 30.2 Å². The van der Waals surface area contributed by atoms with Crippen molar-refractivity contribution in [3.63, 3.8) is 0 Å². The predicted octanol–water partition coefficient (Wildman–Crippen LogP) is -0.0584. The maximum Gasteiger partial charge on any atom is 0.322 e. The lowest BCUT2D eigenvalue weighted by Crippen LogP contribution is -2.37. The summed E-state index contributed by atoms with van der Waals surface area (Å²) in [5, 5.41) is 19.3. The highest BCUT2D eigenvalue weighted by Crippen LogP contribution is 2.12. The molecule has 0 spiro atoms. The molecule has 0 aromatic heterocycles. The van der Waals surface area contributed by atoms with Gasteiger partial charge in [-0.1, -0.05) is 30.3 Å². The molecule has 0 aliphatic carbocycles.